The molecule has 0 atom stereocenters. The highest BCUT2D eigenvalue weighted by atomic mass is 19.1. The van der Waals surface area contributed by atoms with Crippen molar-refractivity contribution in [3.05, 3.63) is 130 Å². The van der Waals surface area contributed by atoms with Gasteiger partial charge in [-0.15, -0.1) is 0 Å². The summed E-state index contributed by atoms with van der Waals surface area (Å²) in [6.45, 7) is 18.1. The second-order valence-electron chi connectivity index (χ2n) is 15.1. The predicted molar refractivity (Wildman–Crippen MR) is 206 cm³/mol. The molecule has 2 amide bonds. The van der Waals surface area contributed by atoms with Crippen molar-refractivity contribution < 1.29 is 22.8 Å². The van der Waals surface area contributed by atoms with E-state index in [2.05, 4.69) is 59.7 Å². The molecule has 0 saturated heterocycles. The van der Waals surface area contributed by atoms with Crippen molar-refractivity contribution in [2.45, 2.75) is 78.9 Å². The van der Waals surface area contributed by atoms with E-state index in [4.69, 9.17) is 0 Å². The number of pyridine rings is 2. The molecular formula is C43H50F3N5O2. The maximum Gasteiger partial charge on any atom is 0.272 e. The van der Waals surface area contributed by atoms with E-state index in [9.17, 15) is 22.8 Å². The Morgan fingerprint density at radius 2 is 0.962 bits per heavy atom. The summed E-state index contributed by atoms with van der Waals surface area (Å²) in [5.41, 5.74) is 2.30. The summed E-state index contributed by atoms with van der Waals surface area (Å²) in [6, 6.07) is 15.7. The fourth-order valence-corrected chi connectivity index (χ4v) is 3.55. The number of halogens is 3. The number of rotatable bonds is 2. The van der Waals surface area contributed by atoms with Gasteiger partial charge in [0, 0.05) is 59.8 Å². The Morgan fingerprint density at radius 3 is 1.34 bits per heavy atom. The molecule has 7 nitrogen and oxygen atoms in total. The van der Waals surface area contributed by atoms with E-state index in [-0.39, 0.29) is 34.3 Å². The van der Waals surface area contributed by atoms with Crippen LogP contribution >= 0.6 is 0 Å². The molecule has 53 heavy (non-hydrogen) atoms. The summed E-state index contributed by atoms with van der Waals surface area (Å²) in [6.07, 6.45) is 3.01. The largest absolute Gasteiger partial charge is 0.336 e. The fraction of sp³-hybridized carbons (Fsp3) is 0.349. The molecule has 0 fully saturated rings. The summed E-state index contributed by atoms with van der Waals surface area (Å²) >= 11 is 0. The predicted octanol–water partition coefficient (Wildman–Crippen LogP) is 8.13. The first-order valence-corrected chi connectivity index (χ1v) is 16.9. The van der Waals surface area contributed by atoms with E-state index in [1.54, 1.807) is 66.5 Å². The van der Waals surface area contributed by atoms with Crippen LogP contribution in [0.5, 0.6) is 0 Å². The monoisotopic (exact) mass is 725 g/mol. The molecule has 2 aromatic carbocycles. The van der Waals surface area contributed by atoms with Gasteiger partial charge in [0.15, 0.2) is 0 Å². The second-order valence-corrected chi connectivity index (χ2v) is 15.1. The highest BCUT2D eigenvalue weighted by Gasteiger charge is 2.25. The zero-order chi connectivity index (χ0) is 40.1. The van der Waals surface area contributed by atoms with Gasteiger partial charge in [-0.2, -0.15) is 0 Å². The Balaban J connectivity index is 0.000000318. The van der Waals surface area contributed by atoms with Crippen LogP contribution in [0.4, 0.5) is 13.2 Å². The van der Waals surface area contributed by atoms with Crippen LogP contribution in [0.25, 0.3) is 0 Å². The van der Waals surface area contributed by atoms with Crippen LogP contribution in [0.3, 0.4) is 0 Å². The number of carbonyl (C=O) groups excluding carboxylic acids is 2. The third kappa shape index (κ3) is 15.0. The first-order valence-electron chi connectivity index (χ1n) is 16.9. The van der Waals surface area contributed by atoms with Crippen LogP contribution in [-0.4, -0.2) is 69.3 Å². The van der Waals surface area contributed by atoms with Crippen molar-refractivity contribution in [2.75, 3.05) is 21.1 Å². The molecule has 4 aromatic rings. The van der Waals surface area contributed by atoms with E-state index in [1.165, 1.54) is 18.3 Å². The molecule has 4 rings (SSSR count). The van der Waals surface area contributed by atoms with E-state index in [0.717, 1.165) is 23.8 Å². The Kier molecular flexibility index (Phi) is 15.6. The minimum absolute atomic E-state index is 0.0254. The Morgan fingerprint density at radius 1 is 0.585 bits per heavy atom. The lowest BCUT2D eigenvalue weighted by Crippen LogP contribution is -2.42. The minimum Gasteiger partial charge on any atom is -0.336 e. The molecular weight excluding hydrogens is 675 g/mol. The van der Waals surface area contributed by atoms with Gasteiger partial charge >= 0.3 is 0 Å². The van der Waals surface area contributed by atoms with Crippen molar-refractivity contribution >= 4 is 11.8 Å². The second kappa shape index (κ2) is 18.9. The standard InChI is InChI=1S/C19H18F2N2O.C19H19FN2O.C5H13N/c1-19(2,3)23(4)18(24)17-10-6-13(12-22-17)5-7-14-11-15(20)8-9-16(14)21;1-19(2,3)22(4)18(23)17-12-9-15(13-21-17)6-5-14-7-10-16(20)11-8-14;1-5(2,3)6-4/h6,8-12H,1-4H3;7-13H,1-4H3;6H,1-4H3. The van der Waals surface area contributed by atoms with Gasteiger partial charge in [-0.1, -0.05) is 23.7 Å². The Bertz CT molecular complexity index is 1950. The summed E-state index contributed by atoms with van der Waals surface area (Å²) in [4.78, 5) is 36.1. The van der Waals surface area contributed by atoms with Gasteiger partial charge in [0.2, 0.25) is 0 Å². The van der Waals surface area contributed by atoms with Crippen LogP contribution in [-0.2, 0) is 0 Å². The molecule has 0 spiro atoms. The fourth-order valence-electron chi connectivity index (χ4n) is 3.55. The number of benzene rings is 2. The Labute approximate surface area is 313 Å². The maximum absolute atomic E-state index is 13.5. The van der Waals surface area contributed by atoms with Gasteiger partial charge in [-0.05, 0) is 136 Å². The molecule has 0 aliphatic rings. The van der Waals surface area contributed by atoms with Gasteiger partial charge in [-0.25, -0.2) is 23.1 Å². The molecule has 0 bridgehead atoms. The van der Waals surface area contributed by atoms with E-state index in [0.29, 0.717) is 28.1 Å². The van der Waals surface area contributed by atoms with Gasteiger partial charge in [0.1, 0.15) is 28.8 Å². The quantitative estimate of drug-likeness (QED) is 0.211. The maximum atomic E-state index is 13.5. The average molecular weight is 726 g/mol. The van der Waals surface area contributed by atoms with Crippen LogP contribution < -0.4 is 5.32 Å². The van der Waals surface area contributed by atoms with Crippen LogP contribution in [0.1, 0.15) is 106 Å². The molecule has 0 radical (unpaired) electrons. The molecule has 10 heteroatoms. The van der Waals surface area contributed by atoms with Gasteiger partial charge in [0.05, 0.1) is 5.56 Å². The average Bonchev–Trinajstić information content (AvgIpc) is 3.10. The molecule has 0 aliphatic carbocycles. The van der Waals surface area contributed by atoms with Crippen molar-refractivity contribution in [1.29, 1.82) is 0 Å². The zero-order valence-electron chi connectivity index (χ0n) is 32.7. The highest BCUT2D eigenvalue weighted by Crippen LogP contribution is 2.16. The number of amides is 2. The van der Waals surface area contributed by atoms with Gasteiger partial charge < -0.3 is 15.1 Å². The van der Waals surface area contributed by atoms with E-state index >= 15 is 0 Å². The lowest BCUT2D eigenvalue weighted by atomic mass is 10.1. The third-order valence-electron chi connectivity index (χ3n) is 7.80. The normalized spacial score (nSPS) is 10.8. The minimum atomic E-state index is -0.588. The number of hydrogen-bond acceptors (Lipinski definition) is 5. The SMILES string of the molecule is CN(C(=O)c1ccc(C#Cc2cc(F)ccc2F)cn1)C(C)(C)C.CN(C(=O)c1ccc(C#Cc2ccc(F)cc2)cn1)C(C)(C)C.CNC(C)(C)C. The first-order chi connectivity index (χ1) is 24.5. The van der Waals surface area contributed by atoms with Crippen molar-refractivity contribution in [2.24, 2.45) is 0 Å². The smallest absolute Gasteiger partial charge is 0.272 e. The third-order valence-corrected chi connectivity index (χ3v) is 7.80. The first kappa shape index (κ1) is 43.7. The Hall–Kier alpha value is -5.45. The number of nitrogens with one attached hydrogen (secondary N) is 1. The molecule has 0 saturated carbocycles. The topological polar surface area (TPSA) is 78.4 Å². The highest BCUT2D eigenvalue weighted by molar-refractivity contribution is 5.93. The molecule has 2 aromatic heterocycles. The molecule has 280 valence electrons. The zero-order valence-corrected chi connectivity index (χ0v) is 32.7. The number of nitrogens with zero attached hydrogens (tertiary/aromatic N) is 4. The molecule has 1 N–H and O–H groups in total. The van der Waals surface area contributed by atoms with Crippen molar-refractivity contribution in [1.82, 2.24) is 25.1 Å². The lowest BCUT2D eigenvalue weighted by Gasteiger charge is -2.31. The van der Waals surface area contributed by atoms with Gasteiger partial charge in [0.25, 0.3) is 11.8 Å². The van der Waals surface area contributed by atoms with Crippen LogP contribution in [0, 0.1) is 41.1 Å². The van der Waals surface area contributed by atoms with Crippen molar-refractivity contribution in [3.63, 3.8) is 0 Å². The van der Waals surface area contributed by atoms with Crippen LogP contribution in [0.2, 0.25) is 0 Å². The number of aromatic nitrogens is 2. The lowest BCUT2D eigenvalue weighted by molar-refractivity contribution is 0.0640. The number of carbonyl (C=O) groups is 2. The number of hydrogen-bond donors (Lipinski definition) is 1. The summed E-state index contributed by atoms with van der Waals surface area (Å²) in [5, 5.41) is 3.10. The molecule has 0 aliphatic heterocycles. The van der Waals surface area contributed by atoms with Crippen LogP contribution in [0.15, 0.2) is 79.1 Å². The van der Waals surface area contributed by atoms with E-state index < -0.39 is 11.6 Å². The molecule has 0 unspecified atom stereocenters. The van der Waals surface area contributed by atoms with Gasteiger partial charge in [-0.3, -0.25) is 9.59 Å². The summed E-state index contributed by atoms with van der Waals surface area (Å²) in [7, 11) is 5.43. The summed E-state index contributed by atoms with van der Waals surface area (Å²) < 4.78 is 39.4. The van der Waals surface area contributed by atoms with Crippen molar-refractivity contribution in [3.8, 4) is 23.7 Å². The molecule has 2 heterocycles. The summed E-state index contributed by atoms with van der Waals surface area (Å²) in [5.74, 6) is 9.40. The van der Waals surface area contributed by atoms with E-state index in [1.807, 2.05) is 48.6 Å².